The van der Waals surface area contributed by atoms with Gasteiger partial charge in [0.05, 0.1) is 13.2 Å². The minimum Gasteiger partial charge on any atom is -0.457 e. The lowest BCUT2D eigenvalue weighted by atomic mass is 9.85. The molecular weight excluding hydrogens is 799 g/mol. The van der Waals surface area contributed by atoms with Crippen LogP contribution in [0.2, 0.25) is 0 Å². The minimum absolute atomic E-state index is 0.0676. The van der Waals surface area contributed by atoms with E-state index >= 15 is 0 Å². The fourth-order valence-corrected chi connectivity index (χ4v) is 9.15. The molecule has 6 unspecified atom stereocenters. The van der Waals surface area contributed by atoms with Crippen molar-refractivity contribution in [3.8, 4) is 0 Å². The van der Waals surface area contributed by atoms with Crippen molar-refractivity contribution in [3.05, 3.63) is 0 Å². The third kappa shape index (κ3) is 31.8. The lowest BCUT2D eigenvalue weighted by Crippen LogP contribution is -2.64. The lowest BCUT2D eigenvalue weighted by Gasteiger charge is -2.41. The van der Waals surface area contributed by atoms with Crippen molar-refractivity contribution < 1.29 is 58.3 Å². The zero-order valence-corrected chi connectivity index (χ0v) is 39.9. The third-order valence-corrected chi connectivity index (χ3v) is 13.2. The smallest absolute Gasteiger partial charge is 0.457 e. The summed E-state index contributed by atoms with van der Waals surface area (Å²) in [7, 11) is -5.01. The van der Waals surface area contributed by atoms with Crippen molar-refractivity contribution in [2.75, 3.05) is 19.8 Å². The normalized spacial score (nSPS) is 22.0. The highest BCUT2D eigenvalue weighted by Gasteiger charge is 2.51. The molecule has 0 amide bonds. The molecule has 0 radical (unpaired) electrons. The number of phosphoric ester groups is 1. The Morgan fingerprint density at radius 3 is 1.13 bits per heavy atom. The molecule has 61 heavy (non-hydrogen) atoms. The van der Waals surface area contributed by atoms with Gasteiger partial charge >= 0.3 is 13.8 Å². The maximum atomic E-state index is 12.8. The van der Waals surface area contributed by atoms with Gasteiger partial charge in [-0.15, -0.1) is 0 Å². The fraction of sp³-hybridized carbons (Fsp3) is 0.979. The van der Waals surface area contributed by atoms with Gasteiger partial charge in [-0.3, -0.25) is 13.8 Å². The van der Waals surface area contributed by atoms with Crippen LogP contribution in [0.25, 0.3) is 0 Å². The molecule has 13 heteroatoms. The molecule has 1 fully saturated rings. The van der Waals surface area contributed by atoms with Crippen molar-refractivity contribution in [2.24, 2.45) is 0 Å². The molecule has 364 valence electrons. The van der Waals surface area contributed by atoms with Crippen molar-refractivity contribution in [1.29, 1.82) is 0 Å². The first-order valence-electron chi connectivity index (χ1n) is 25.4. The SMILES string of the molecule is CCCCCCCCCCCCCCCCCCCCCC(=O)OC(COCCCCCCCCCCCCCCCCC)COP(=O)(O)OC1C(O)C(O)C(O)C(O)C1O. The highest BCUT2D eigenvalue weighted by Crippen LogP contribution is 2.47. The van der Waals surface area contributed by atoms with E-state index in [2.05, 4.69) is 13.8 Å². The Labute approximate surface area is 372 Å². The van der Waals surface area contributed by atoms with Gasteiger partial charge in [-0.25, -0.2) is 4.57 Å². The Morgan fingerprint density at radius 2 is 0.770 bits per heavy atom. The van der Waals surface area contributed by atoms with Gasteiger partial charge in [0.1, 0.15) is 42.7 Å². The van der Waals surface area contributed by atoms with Crippen LogP contribution in [0, 0.1) is 0 Å². The highest BCUT2D eigenvalue weighted by molar-refractivity contribution is 7.47. The van der Waals surface area contributed by atoms with E-state index in [-0.39, 0.29) is 13.0 Å². The fourth-order valence-electron chi connectivity index (χ4n) is 8.18. The van der Waals surface area contributed by atoms with Crippen LogP contribution in [-0.4, -0.2) is 98.9 Å². The average Bonchev–Trinajstić information content (AvgIpc) is 3.24. The van der Waals surface area contributed by atoms with Crippen molar-refractivity contribution in [1.82, 2.24) is 0 Å². The van der Waals surface area contributed by atoms with Gasteiger partial charge in [0.15, 0.2) is 0 Å². The summed E-state index contributed by atoms with van der Waals surface area (Å²) >= 11 is 0. The second kappa shape index (κ2) is 39.7. The largest absolute Gasteiger partial charge is 0.472 e. The molecule has 1 saturated carbocycles. The molecule has 6 N–H and O–H groups in total. The van der Waals surface area contributed by atoms with Gasteiger partial charge in [-0.1, -0.05) is 219 Å². The molecule has 0 bridgehead atoms. The zero-order valence-electron chi connectivity index (χ0n) is 39.0. The van der Waals surface area contributed by atoms with Crippen LogP contribution in [0.5, 0.6) is 0 Å². The summed E-state index contributed by atoms with van der Waals surface area (Å²) in [6.07, 6.45) is 30.2. The Morgan fingerprint density at radius 1 is 0.459 bits per heavy atom. The van der Waals surface area contributed by atoms with Gasteiger partial charge in [0.2, 0.25) is 0 Å². The maximum absolute atomic E-state index is 12.8. The van der Waals surface area contributed by atoms with Crippen LogP contribution < -0.4 is 0 Å². The number of carbonyl (C=O) groups is 1. The minimum atomic E-state index is -5.01. The first kappa shape index (κ1) is 58.4. The molecule has 1 rings (SSSR count). The van der Waals surface area contributed by atoms with Gasteiger partial charge in [0.25, 0.3) is 0 Å². The number of carbonyl (C=O) groups excluding carboxylic acids is 1. The molecule has 0 spiro atoms. The number of ether oxygens (including phenoxy) is 2. The van der Waals surface area contributed by atoms with Gasteiger partial charge < -0.3 is 39.9 Å². The van der Waals surface area contributed by atoms with Crippen molar-refractivity contribution in [2.45, 2.75) is 281 Å². The molecular formula is C48H95O12P. The molecule has 6 atom stereocenters. The van der Waals surface area contributed by atoms with Crippen LogP contribution in [0.4, 0.5) is 0 Å². The van der Waals surface area contributed by atoms with E-state index in [1.807, 2.05) is 0 Å². The summed E-state index contributed by atoms with van der Waals surface area (Å²) in [4.78, 5) is 23.2. The average molecular weight is 895 g/mol. The van der Waals surface area contributed by atoms with Gasteiger partial charge in [-0.2, -0.15) is 0 Å². The van der Waals surface area contributed by atoms with E-state index in [1.165, 1.54) is 173 Å². The summed E-state index contributed by atoms with van der Waals surface area (Å²) in [5, 5.41) is 50.2. The van der Waals surface area contributed by atoms with Crippen LogP contribution in [0.1, 0.15) is 239 Å². The number of aliphatic hydroxyl groups excluding tert-OH is 5. The van der Waals surface area contributed by atoms with Crippen molar-refractivity contribution in [3.63, 3.8) is 0 Å². The molecule has 0 heterocycles. The number of hydrogen-bond donors (Lipinski definition) is 6. The quantitative estimate of drug-likeness (QED) is 0.0193. The molecule has 0 aromatic carbocycles. The summed E-state index contributed by atoms with van der Waals surface area (Å²) in [6, 6.07) is 0. The topological polar surface area (TPSA) is 192 Å². The van der Waals surface area contributed by atoms with E-state index in [0.29, 0.717) is 13.0 Å². The van der Waals surface area contributed by atoms with Gasteiger partial charge in [0, 0.05) is 13.0 Å². The number of aliphatic hydroxyl groups is 5. The Kier molecular flexibility index (Phi) is 38.0. The van der Waals surface area contributed by atoms with E-state index < -0.39 is 63.1 Å². The number of unbranched alkanes of at least 4 members (excludes halogenated alkanes) is 32. The van der Waals surface area contributed by atoms with E-state index in [4.69, 9.17) is 18.5 Å². The van der Waals surface area contributed by atoms with E-state index in [0.717, 1.165) is 38.5 Å². The highest BCUT2D eigenvalue weighted by atomic mass is 31.2. The summed E-state index contributed by atoms with van der Waals surface area (Å²) in [5.74, 6) is -0.469. The Balaban J connectivity index is 2.33. The molecule has 0 aromatic rings. The van der Waals surface area contributed by atoms with Gasteiger partial charge in [-0.05, 0) is 12.8 Å². The second-order valence-corrected chi connectivity index (χ2v) is 19.4. The van der Waals surface area contributed by atoms with Crippen LogP contribution in [0.15, 0.2) is 0 Å². The molecule has 0 saturated heterocycles. The molecule has 0 aliphatic heterocycles. The van der Waals surface area contributed by atoms with E-state index in [1.54, 1.807) is 0 Å². The number of rotatable bonds is 44. The Bertz CT molecular complexity index is 1020. The molecule has 1 aliphatic carbocycles. The van der Waals surface area contributed by atoms with Crippen molar-refractivity contribution >= 4 is 13.8 Å². The first-order chi connectivity index (χ1) is 29.5. The lowest BCUT2D eigenvalue weighted by molar-refractivity contribution is -0.220. The number of hydrogen-bond acceptors (Lipinski definition) is 11. The molecule has 1 aliphatic rings. The third-order valence-electron chi connectivity index (χ3n) is 12.2. The van der Waals surface area contributed by atoms with Crippen LogP contribution in [0.3, 0.4) is 0 Å². The standard InChI is InChI=1S/C48H95O12P/c1-3-5-7-9-11-13-15-17-19-20-21-22-23-25-27-29-31-33-35-37-42(49)59-41(40-58-61(55,56)60-48-46(53)44(51)43(50)45(52)47(48)54)39-57-38-36-34-32-30-28-26-24-18-16-14-12-10-8-6-4-2/h41,43-48,50-54H,3-40H2,1-2H3,(H,55,56). The maximum Gasteiger partial charge on any atom is 0.472 e. The number of esters is 1. The number of phosphoric acid groups is 1. The Hall–Kier alpha value is -0.660. The molecule has 0 aromatic heterocycles. The summed E-state index contributed by atoms with van der Waals surface area (Å²) in [5.41, 5.74) is 0. The predicted octanol–water partition coefficient (Wildman–Crippen LogP) is 10.9. The zero-order chi connectivity index (χ0) is 44.8. The van der Waals surface area contributed by atoms with Crippen LogP contribution in [-0.2, 0) is 27.9 Å². The predicted molar refractivity (Wildman–Crippen MR) is 244 cm³/mol. The van der Waals surface area contributed by atoms with Crippen LogP contribution >= 0.6 is 7.82 Å². The summed E-state index contributed by atoms with van der Waals surface area (Å²) < 4.78 is 34.3. The monoisotopic (exact) mass is 895 g/mol. The summed E-state index contributed by atoms with van der Waals surface area (Å²) in [6.45, 7) is 4.31. The second-order valence-electron chi connectivity index (χ2n) is 18.0. The molecule has 12 nitrogen and oxygen atoms in total. The van der Waals surface area contributed by atoms with E-state index in [9.17, 15) is 39.8 Å². The first-order valence-corrected chi connectivity index (χ1v) is 26.9.